The molecule has 1 aliphatic heterocycles. The highest BCUT2D eigenvalue weighted by Gasteiger charge is 2.24. The van der Waals surface area contributed by atoms with Gasteiger partial charge in [0.1, 0.15) is 0 Å². The number of piperidine rings is 1. The molecule has 7 nitrogen and oxygen atoms in total. The number of aromatic nitrogens is 3. The molecule has 0 atom stereocenters. The summed E-state index contributed by atoms with van der Waals surface area (Å²) in [6.45, 7) is 6.22. The van der Waals surface area contributed by atoms with Crippen molar-refractivity contribution in [3.8, 4) is 0 Å². The van der Waals surface area contributed by atoms with E-state index in [1.807, 2.05) is 36.7 Å². The number of likely N-dealkylation sites (tertiary alicyclic amines) is 1. The van der Waals surface area contributed by atoms with E-state index in [0.29, 0.717) is 6.04 Å². The molecule has 2 N–H and O–H groups in total. The van der Waals surface area contributed by atoms with Gasteiger partial charge in [-0.3, -0.25) is 0 Å². The molecule has 1 saturated heterocycles. The molecule has 0 radical (unpaired) electrons. The van der Waals surface area contributed by atoms with Gasteiger partial charge in [0.25, 0.3) is 0 Å². The molecule has 1 aromatic rings. The van der Waals surface area contributed by atoms with Gasteiger partial charge in [-0.05, 0) is 33.7 Å². The van der Waals surface area contributed by atoms with E-state index in [2.05, 4.69) is 20.9 Å². The van der Waals surface area contributed by atoms with Gasteiger partial charge in [-0.1, -0.05) is 5.21 Å². The third kappa shape index (κ3) is 3.69. The van der Waals surface area contributed by atoms with Crippen molar-refractivity contribution < 1.29 is 4.79 Å². The fourth-order valence-corrected chi connectivity index (χ4v) is 2.43. The maximum atomic E-state index is 11.9. The molecule has 0 spiro atoms. The monoisotopic (exact) mass is 280 g/mol. The highest BCUT2D eigenvalue weighted by atomic mass is 16.2. The summed E-state index contributed by atoms with van der Waals surface area (Å²) in [7, 11) is 1.89. The second-order valence-corrected chi connectivity index (χ2v) is 5.54. The highest BCUT2D eigenvalue weighted by molar-refractivity contribution is 5.74. The number of rotatable bonds is 4. The Labute approximate surface area is 119 Å². The maximum Gasteiger partial charge on any atom is 0.317 e. The van der Waals surface area contributed by atoms with Crippen LogP contribution in [0.5, 0.6) is 0 Å². The van der Waals surface area contributed by atoms with Crippen LogP contribution in [0.3, 0.4) is 0 Å². The Bertz CT molecular complexity index is 436. The van der Waals surface area contributed by atoms with Crippen LogP contribution in [-0.4, -0.2) is 52.1 Å². The van der Waals surface area contributed by atoms with Crippen molar-refractivity contribution in [3.05, 3.63) is 11.9 Å². The lowest BCUT2D eigenvalue weighted by atomic mass is 10.1. The van der Waals surface area contributed by atoms with E-state index < -0.39 is 0 Å². The van der Waals surface area contributed by atoms with Crippen LogP contribution in [0.25, 0.3) is 0 Å². The molecule has 1 aliphatic rings. The van der Waals surface area contributed by atoms with Crippen LogP contribution >= 0.6 is 0 Å². The number of hydrogen-bond acceptors (Lipinski definition) is 4. The molecule has 0 aromatic carbocycles. The first-order valence-electron chi connectivity index (χ1n) is 7.21. The van der Waals surface area contributed by atoms with Gasteiger partial charge in [0, 0.05) is 25.7 Å². The van der Waals surface area contributed by atoms with E-state index >= 15 is 0 Å². The predicted octanol–water partition coefficient (Wildman–Crippen LogP) is 0.752. The second kappa shape index (κ2) is 6.69. The van der Waals surface area contributed by atoms with Gasteiger partial charge in [0.2, 0.25) is 0 Å². The molecule has 1 fully saturated rings. The molecule has 0 saturated carbocycles. The van der Waals surface area contributed by atoms with E-state index in [1.165, 1.54) is 0 Å². The van der Waals surface area contributed by atoms with Crippen LogP contribution < -0.4 is 10.6 Å². The molecule has 2 heterocycles. The largest absolute Gasteiger partial charge is 0.336 e. The number of carbonyl (C=O) groups excluding carboxylic acids is 1. The Morgan fingerprint density at radius 1 is 1.45 bits per heavy atom. The zero-order chi connectivity index (χ0) is 14.5. The van der Waals surface area contributed by atoms with E-state index in [0.717, 1.165) is 38.2 Å². The molecule has 112 valence electrons. The lowest BCUT2D eigenvalue weighted by Gasteiger charge is -2.32. The molecular formula is C13H24N6O. The lowest BCUT2D eigenvalue weighted by Crippen LogP contribution is -2.46. The SMILES string of the molecule is CNCc1cn(C2CCN(C(=O)NC(C)C)CC2)nn1. The van der Waals surface area contributed by atoms with Gasteiger partial charge in [0.15, 0.2) is 0 Å². The summed E-state index contributed by atoms with van der Waals surface area (Å²) >= 11 is 0. The zero-order valence-electron chi connectivity index (χ0n) is 12.5. The Morgan fingerprint density at radius 2 is 2.15 bits per heavy atom. The smallest absolute Gasteiger partial charge is 0.317 e. The van der Waals surface area contributed by atoms with E-state index in [9.17, 15) is 4.79 Å². The van der Waals surface area contributed by atoms with Crippen LogP contribution in [0, 0.1) is 0 Å². The Hall–Kier alpha value is -1.63. The molecule has 0 bridgehead atoms. The number of nitrogens with one attached hydrogen (secondary N) is 2. The summed E-state index contributed by atoms with van der Waals surface area (Å²) in [5.41, 5.74) is 0.951. The summed E-state index contributed by atoms with van der Waals surface area (Å²) < 4.78 is 1.93. The fraction of sp³-hybridized carbons (Fsp3) is 0.769. The average molecular weight is 280 g/mol. The summed E-state index contributed by atoms with van der Waals surface area (Å²) in [4.78, 5) is 13.8. The average Bonchev–Trinajstić information content (AvgIpc) is 2.87. The van der Waals surface area contributed by atoms with Crippen molar-refractivity contribution >= 4 is 6.03 Å². The van der Waals surface area contributed by atoms with Gasteiger partial charge in [-0.15, -0.1) is 5.10 Å². The van der Waals surface area contributed by atoms with Gasteiger partial charge in [-0.2, -0.15) is 0 Å². The van der Waals surface area contributed by atoms with Gasteiger partial charge < -0.3 is 15.5 Å². The van der Waals surface area contributed by atoms with E-state index in [-0.39, 0.29) is 12.1 Å². The van der Waals surface area contributed by atoms with Crippen LogP contribution in [0.1, 0.15) is 38.4 Å². The predicted molar refractivity (Wildman–Crippen MR) is 76.3 cm³/mol. The second-order valence-electron chi connectivity index (χ2n) is 5.54. The van der Waals surface area contributed by atoms with Crippen molar-refractivity contribution in [2.45, 2.75) is 45.3 Å². The van der Waals surface area contributed by atoms with Crippen molar-refractivity contribution in [2.75, 3.05) is 20.1 Å². The molecule has 2 amide bonds. The van der Waals surface area contributed by atoms with Gasteiger partial charge >= 0.3 is 6.03 Å². The van der Waals surface area contributed by atoms with Crippen LogP contribution in [0.15, 0.2) is 6.20 Å². The first-order valence-corrected chi connectivity index (χ1v) is 7.21. The first kappa shape index (κ1) is 14.8. The number of amides is 2. The third-order valence-corrected chi connectivity index (χ3v) is 3.45. The maximum absolute atomic E-state index is 11.9. The normalized spacial score (nSPS) is 16.7. The van der Waals surface area contributed by atoms with E-state index in [4.69, 9.17) is 0 Å². The summed E-state index contributed by atoms with van der Waals surface area (Å²) in [6.07, 6.45) is 3.84. The van der Waals surface area contributed by atoms with Gasteiger partial charge in [0.05, 0.1) is 17.9 Å². The minimum atomic E-state index is 0.0351. The Balaban J connectivity index is 1.85. The fourth-order valence-electron chi connectivity index (χ4n) is 2.43. The quantitative estimate of drug-likeness (QED) is 0.853. The topological polar surface area (TPSA) is 75.1 Å². The molecule has 20 heavy (non-hydrogen) atoms. The molecule has 1 aromatic heterocycles. The highest BCUT2D eigenvalue weighted by Crippen LogP contribution is 2.21. The lowest BCUT2D eigenvalue weighted by molar-refractivity contribution is 0.166. The minimum absolute atomic E-state index is 0.0351. The van der Waals surface area contributed by atoms with Gasteiger partial charge in [-0.25, -0.2) is 9.48 Å². The molecule has 2 rings (SSSR count). The zero-order valence-corrected chi connectivity index (χ0v) is 12.5. The molecule has 7 heteroatoms. The summed E-state index contributed by atoms with van der Waals surface area (Å²) in [6, 6.07) is 0.559. The number of hydrogen-bond donors (Lipinski definition) is 2. The van der Waals surface area contributed by atoms with Crippen molar-refractivity contribution in [3.63, 3.8) is 0 Å². The summed E-state index contributed by atoms with van der Waals surface area (Å²) in [5, 5.41) is 14.3. The Kier molecular flexibility index (Phi) is 4.94. The number of urea groups is 1. The molecule has 0 unspecified atom stereocenters. The standard InChI is InChI=1S/C13H24N6O/c1-10(2)15-13(20)18-6-4-12(5-7-18)19-9-11(8-14-3)16-17-19/h9-10,12,14H,4-8H2,1-3H3,(H,15,20). The Morgan fingerprint density at radius 3 is 2.75 bits per heavy atom. The van der Waals surface area contributed by atoms with Crippen LogP contribution in [-0.2, 0) is 6.54 Å². The number of carbonyl (C=O) groups is 1. The third-order valence-electron chi connectivity index (χ3n) is 3.45. The number of nitrogens with zero attached hydrogens (tertiary/aromatic N) is 4. The first-order chi connectivity index (χ1) is 9.60. The van der Waals surface area contributed by atoms with Crippen LogP contribution in [0.4, 0.5) is 4.79 Å². The summed E-state index contributed by atoms with van der Waals surface area (Å²) in [5.74, 6) is 0. The van der Waals surface area contributed by atoms with E-state index in [1.54, 1.807) is 0 Å². The minimum Gasteiger partial charge on any atom is -0.336 e. The van der Waals surface area contributed by atoms with Crippen molar-refractivity contribution in [2.24, 2.45) is 0 Å². The van der Waals surface area contributed by atoms with Crippen molar-refractivity contribution in [1.29, 1.82) is 0 Å². The van der Waals surface area contributed by atoms with Crippen LogP contribution in [0.2, 0.25) is 0 Å². The molecule has 0 aliphatic carbocycles. The van der Waals surface area contributed by atoms with Crippen molar-refractivity contribution in [1.82, 2.24) is 30.5 Å². The molecular weight excluding hydrogens is 256 g/mol.